The molecular weight excluding hydrogens is 194 g/mol. The third kappa shape index (κ3) is 1.94. The third-order valence-electron chi connectivity index (χ3n) is 1.91. The molecule has 0 spiro atoms. The predicted molar refractivity (Wildman–Crippen MR) is 47.7 cm³/mol. The lowest BCUT2D eigenvalue weighted by atomic mass is 10.0. The van der Waals surface area contributed by atoms with Crippen molar-refractivity contribution in [2.45, 2.75) is 30.0 Å². The summed E-state index contributed by atoms with van der Waals surface area (Å²) in [5.74, 6) is -2.04. The van der Waals surface area contributed by atoms with E-state index < -0.39 is 28.1 Å². The lowest BCUT2D eigenvalue weighted by Crippen LogP contribution is -2.45. The molecule has 1 saturated heterocycles. The normalized spacial score (nSPS) is 31.5. The second-order valence-corrected chi connectivity index (χ2v) is 5.14. The van der Waals surface area contributed by atoms with Gasteiger partial charge in [0.25, 0.3) is 0 Å². The van der Waals surface area contributed by atoms with Crippen LogP contribution in [-0.2, 0) is 9.59 Å². The Morgan fingerprint density at radius 3 is 2.08 bits per heavy atom. The Kier molecular flexibility index (Phi) is 2.53. The minimum absolute atomic E-state index is 0.588. The number of nitrogens with one attached hydrogen (secondary N) is 1. The van der Waals surface area contributed by atoms with Gasteiger partial charge in [0.05, 0.1) is 0 Å². The first-order valence-corrected chi connectivity index (χ1v) is 4.62. The van der Waals surface area contributed by atoms with Crippen molar-refractivity contribution in [3.05, 3.63) is 0 Å². The van der Waals surface area contributed by atoms with Crippen molar-refractivity contribution in [3.63, 3.8) is 0 Å². The number of aliphatic carboxylic acids is 2. The van der Waals surface area contributed by atoms with E-state index in [2.05, 4.69) is 5.32 Å². The molecule has 1 heterocycles. The summed E-state index contributed by atoms with van der Waals surface area (Å²) in [6, 6.07) is -0.807. The Balaban J connectivity index is 2.79. The molecule has 0 bridgehead atoms. The zero-order valence-electron chi connectivity index (χ0n) is 7.27. The number of hydrogen-bond donors (Lipinski definition) is 3. The standard InChI is InChI=1S/C7H11NO4S/c1-7(2)3(5(9)10)8-4(13-7)6(11)12/h3-4,8H,1-2H3,(H,9,10)(H,11,12)/t3-,4-/m1/s1. The molecule has 6 heteroatoms. The average Bonchev–Trinajstić information content (AvgIpc) is 2.25. The van der Waals surface area contributed by atoms with Crippen molar-refractivity contribution in [3.8, 4) is 0 Å². The molecule has 0 aromatic heterocycles. The van der Waals surface area contributed by atoms with E-state index in [1.807, 2.05) is 0 Å². The maximum Gasteiger partial charge on any atom is 0.331 e. The largest absolute Gasteiger partial charge is 0.480 e. The fourth-order valence-corrected chi connectivity index (χ4v) is 2.47. The van der Waals surface area contributed by atoms with Crippen molar-refractivity contribution in [2.75, 3.05) is 0 Å². The van der Waals surface area contributed by atoms with Crippen LogP contribution in [0.2, 0.25) is 0 Å². The summed E-state index contributed by atoms with van der Waals surface area (Å²) >= 11 is 1.12. The van der Waals surface area contributed by atoms with Crippen LogP contribution >= 0.6 is 11.8 Å². The molecule has 13 heavy (non-hydrogen) atoms. The number of hydrogen-bond acceptors (Lipinski definition) is 4. The first-order valence-electron chi connectivity index (χ1n) is 3.74. The molecule has 1 fully saturated rings. The smallest absolute Gasteiger partial charge is 0.331 e. The van der Waals surface area contributed by atoms with Crippen LogP contribution in [0.3, 0.4) is 0 Å². The van der Waals surface area contributed by atoms with E-state index in [-0.39, 0.29) is 0 Å². The summed E-state index contributed by atoms with van der Waals surface area (Å²) in [5.41, 5.74) is 0. The first-order chi connectivity index (χ1) is 5.84. The van der Waals surface area contributed by atoms with Gasteiger partial charge in [-0.15, -0.1) is 11.8 Å². The van der Waals surface area contributed by atoms with Crippen molar-refractivity contribution < 1.29 is 19.8 Å². The zero-order chi connectivity index (χ0) is 10.2. The van der Waals surface area contributed by atoms with Gasteiger partial charge in [0, 0.05) is 4.75 Å². The van der Waals surface area contributed by atoms with Crippen LogP contribution in [0.4, 0.5) is 0 Å². The quantitative estimate of drug-likeness (QED) is 0.586. The molecule has 74 valence electrons. The molecule has 0 aromatic carbocycles. The van der Waals surface area contributed by atoms with E-state index in [4.69, 9.17) is 10.2 Å². The first kappa shape index (κ1) is 10.3. The Morgan fingerprint density at radius 1 is 1.31 bits per heavy atom. The highest BCUT2D eigenvalue weighted by atomic mass is 32.2. The highest BCUT2D eigenvalue weighted by Gasteiger charge is 2.47. The lowest BCUT2D eigenvalue weighted by Gasteiger charge is -2.20. The number of carboxylic acid groups (broad SMARTS) is 2. The highest BCUT2D eigenvalue weighted by Crippen LogP contribution is 2.37. The maximum atomic E-state index is 10.7. The van der Waals surface area contributed by atoms with Gasteiger partial charge in [0.15, 0.2) is 5.37 Å². The summed E-state index contributed by atoms with van der Waals surface area (Å²) in [6.07, 6.45) is 0. The Bertz CT molecular complexity index is 253. The molecule has 0 aliphatic carbocycles. The highest BCUT2D eigenvalue weighted by molar-refractivity contribution is 8.02. The van der Waals surface area contributed by atoms with Crippen LogP contribution in [0, 0.1) is 0 Å². The molecule has 1 aliphatic rings. The van der Waals surface area contributed by atoms with Crippen LogP contribution in [0.1, 0.15) is 13.8 Å². The van der Waals surface area contributed by atoms with Gasteiger partial charge >= 0.3 is 11.9 Å². The number of carboxylic acids is 2. The topological polar surface area (TPSA) is 86.6 Å². The molecule has 0 radical (unpaired) electrons. The maximum absolute atomic E-state index is 10.7. The van der Waals surface area contributed by atoms with E-state index in [0.717, 1.165) is 11.8 Å². The van der Waals surface area contributed by atoms with Crippen molar-refractivity contribution in [1.82, 2.24) is 5.32 Å². The van der Waals surface area contributed by atoms with Gasteiger partial charge in [-0.3, -0.25) is 10.1 Å². The van der Waals surface area contributed by atoms with E-state index >= 15 is 0 Å². The zero-order valence-corrected chi connectivity index (χ0v) is 8.09. The second kappa shape index (κ2) is 3.19. The van der Waals surface area contributed by atoms with Gasteiger partial charge in [-0.25, -0.2) is 4.79 Å². The predicted octanol–water partition coefficient (Wildman–Crippen LogP) is -0.0347. The number of rotatable bonds is 2. The van der Waals surface area contributed by atoms with E-state index in [9.17, 15) is 9.59 Å². The molecule has 3 N–H and O–H groups in total. The molecule has 0 saturated carbocycles. The van der Waals surface area contributed by atoms with Crippen molar-refractivity contribution in [2.24, 2.45) is 0 Å². The van der Waals surface area contributed by atoms with E-state index in [0.29, 0.717) is 0 Å². The number of carbonyl (C=O) groups is 2. The molecule has 1 aliphatic heterocycles. The second-order valence-electron chi connectivity index (χ2n) is 3.38. The van der Waals surface area contributed by atoms with Gasteiger partial charge in [0.2, 0.25) is 0 Å². The minimum Gasteiger partial charge on any atom is -0.480 e. The molecule has 5 nitrogen and oxygen atoms in total. The van der Waals surface area contributed by atoms with Crippen LogP contribution in [0.25, 0.3) is 0 Å². The van der Waals surface area contributed by atoms with Gasteiger partial charge < -0.3 is 10.2 Å². The Hall–Kier alpha value is -0.750. The van der Waals surface area contributed by atoms with Crippen molar-refractivity contribution in [1.29, 1.82) is 0 Å². The average molecular weight is 205 g/mol. The molecule has 1 rings (SSSR count). The summed E-state index contributed by atoms with van der Waals surface area (Å²) in [6.45, 7) is 3.43. The van der Waals surface area contributed by atoms with Gasteiger partial charge in [-0.1, -0.05) is 0 Å². The Morgan fingerprint density at radius 2 is 1.85 bits per heavy atom. The van der Waals surface area contributed by atoms with Crippen LogP contribution < -0.4 is 5.32 Å². The van der Waals surface area contributed by atoms with E-state index in [1.54, 1.807) is 13.8 Å². The SMILES string of the molecule is CC1(C)S[C@H](C(=O)O)N[C@@H]1C(=O)O. The fourth-order valence-electron chi connectivity index (χ4n) is 1.25. The summed E-state index contributed by atoms with van der Waals surface area (Å²) in [7, 11) is 0. The van der Waals surface area contributed by atoms with Crippen LogP contribution in [-0.4, -0.2) is 38.3 Å². The van der Waals surface area contributed by atoms with Gasteiger partial charge in [0.1, 0.15) is 6.04 Å². The summed E-state index contributed by atoms with van der Waals surface area (Å²) in [5, 5.41) is 19.2. The minimum atomic E-state index is -1.03. The summed E-state index contributed by atoms with van der Waals surface area (Å²) < 4.78 is -0.588. The Labute approximate surface area is 79.5 Å². The monoisotopic (exact) mass is 205 g/mol. The van der Waals surface area contributed by atoms with Crippen molar-refractivity contribution >= 4 is 23.7 Å². The fraction of sp³-hybridized carbons (Fsp3) is 0.714. The lowest BCUT2D eigenvalue weighted by molar-refractivity contribution is -0.140. The summed E-state index contributed by atoms with van der Waals surface area (Å²) in [4.78, 5) is 21.3. The van der Waals surface area contributed by atoms with Crippen LogP contribution in [0.5, 0.6) is 0 Å². The number of thioether (sulfide) groups is 1. The molecule has 0 unspecified atom stereocenters. The van der Waals surface area contributed by atoms with Gasteiger partial charge in [-0.05, 0) is 13.8 Å². The molecule has 2 atom stereocenters. The van der Waals surface area contributed by atoms with Gasteiger partial charge in [-0.2, -0.15) is 0 Å². The molecule has 0 aromatic rings. The van der Waals surface area contributed by atoms with E-state index in [1.165, 1.54) is 0 Å². The third-order valence-corrected chi connectivity index (χ3v) is 3.32. The molecular formula is C7H11NO4S. The molecule has 0 amide bonds. The van der Waals surface area contributed by atoms with Crippen LogP contribution in [0.15, 0.2) is 0 Å².